The Bertz CT molecular complexity index is 1600. The number of nitrogens with one attached hydrogen (secondary N) is 1. The Balaban J connectivity index is 1.31. The van der Waals surface area contributed by atoms with Crippen molar-refractivity contribution in [2.45, 2.75) is 6.54 Å². The van der Waals surface area contributed by atoms with Gasteiger partial charge in [0, 0.05) is 10.2 Å². The Labute approximate surface area is 237 Å². The van der Waals surface area contributed by atoms with Gasteiger partial charge in [0.15, 0.2) is 18.1 Å². The van der Waals surface area contributed by atoms with Crippen LogP contribution < -0.4 is 14.8 Å². The van der Waals surface area contributed by atoms with Crippen molar-refractivity contribution in [3.05, 3.63) is 105 Å². The first kappa shape index (κ1) is 26.5. The van der Waals surface area contributed by atoms with Crippen LogP contribution in [0.25, 0.3) is 16.8 Å². The average molecular weight is 603 g/mol. The van der Waals surface area contributed by atoms with Gasteiger partial charge in [-0.25, -0.2) is 0 Å². The van der Waals surface area contributed by atoms with E-state index in [-0.39, 0.29) is 30.2 Å². The number of nitrogens with zero attached hydrogens (tertiary/aromatic N) is 1. The number of imide groups is 1. The third kappa shape index (κ3) is 6.00. The van der Waals surface area contributed by atoms with Gasteiger partial charge in [0.1, 0.15) is 0 Å². The number of para-hydroxylation sites is 1. The van der Waals surface area contributed by atoms with Crippen LogP contribution in [0.15, 0.2) is 94.3 Å². The second-order valence-electron chi connectivity index (χ2n) is 8.63. The van der Waals surface area contributed by atoms with Gasteiger partial charge in [-0.1, -0.05) is 76.6 Å². The quantitative estimate of drug-likeness (QED) is 0.222. The highest BCUT2D eigenvalue weighted by atomic mass is 79.9. The molecule has 1 fully saturated rings. The van der Waals surface area contributed by atoms with Crippen LogP contribution in [0.2, 0.25) is 0 Å². The number of fused-ring (bicyclic) bond motifs is 1. The molecular weight excluding hydrogens is 580 g/mol. The lowest BCUT2D eigenvalue weighted by Gasteiger charge is -2.14. The molecule has 4 aromatic carbocycles. The first-order chi connectivity index (χ1) is 18.9. The summed E-state index contributed by atoms with van der Waals surface area (Å²) in [5.41, 5.74) is 2.20. The number of thioether (sulfide) groups is 1. The zero-order valence-electron chi connectivity index (χ0n) is 20.8. The largest absolute Gasteiger partial charge is 0.493 e. The van der Waals surface area contributed by atoms with Gasteiger partial charge in [-0.2, -0.15) is 0 Å². The van der Waals surface area contributed by atoms with E-state index in [2.05, 4.69) is 21.2 Å². The molecule has 5 rings (SSSR count). The number of carbonyl (C=O) groups excluding carboxylic acids is 3. The number of hydrogen-bond acceptors (Lipinski definition) is 6. The summed E-state index contributed by atoms with van der Waals surface area (Å²) in [5.74, 6) is 0.0609. The predicted molar refractivity (Wildman–Crippen MR) is 157 cm³/mol. The van der Waals surface area contributed by atoms with E-state index in [1.807, 2.05) is 60.7 Å². The lowest BCUT2D eigenvalue weighted by molar-refractivity contribution is -0.123. The zero-order valence-corrected chi connectivity index (χ0v) is 23.3. The average Bonchev–Trinajstić information content (AvgIpc) is 3.21. The molecule has 0 atom stereocenters. The minimum absolute atomic E-state index is 0.186. The van der Waals surface area contributed by atoms with Crippen LogP contribution in [0.3, 0.4) is 0 Å². The minimum Gasteiger partial charge on any atom is -0.493 e. The molecule has 0 spiro atoms. The van der Waals surface area contributed by atoms with Crippen molar-refractivity contribution in [1.82, 2.24) is 4.90 Å². The molecule has 0 bridgehead atoms. The summed E-state index contributed by atoms with van der Waals surface area (Å²) in [6.07, 6.45) is 1.65. The lowest BCUT2D eigenvalue weighted by Crippen LogP contribution is -2.27. The summed E-state index contributed by atoms with van der Waals surface area (Å²) in [4.78, 5) is 39.9. The van der Waals surface area contributed by atoms with Crippen molar-refractivity contribution in [2.75, 3.05) is 19.0 Å². The second kappa shape index (κ2) is 11.8. The number of rotatable bonds is 8. The molecule has 1 aliphatic rings. The fraction of sp³-hybridized carbons (Fsp3) is 0.100. The molecule has 1 N–H and O–H groups in total. The van der Waals surface area contributed by atoms with E-state index in [1.165, 1.54) is 12.0 Å². The molecule has 0 unspecified atom stereocenters. The van der Waals surface area contributed by atoms with Crippen molar-refractivity contribution in [3.63, 3.8) is 0 Å². The number of methoxy groups -OCH3 is 1. The summed E-state index contributed by atoms with van der Waals surface area (Å²) in [6.45, 7) is -0.0320. The molecule has 39 heavy (non-hydrogen) atoms. The van der Waals surface area contributed by atoms with Crippen molar-refractivity contribution in [3.8, 4) is 11.5 Å². The van der Waals surface area contributed by atoms with Crippen molar-refractivity contribution in [1.29, 1.82) is 0 Å². The number of hydrogen-bond donors (Lipinski definition) is 1. The van der Waals surface area contributed by atoms with E-state index in [9.17, 15) is 14.4 Å². The van der Waals surface area contributed by atoms with E-state index in [4.69, 9.17) is 9.47 Å². The maximum Gasteiger partial charge on any atom is 0.293 e. The van der Waals surface area contributed by atoms with Gasteiger partial charge in [-0.3, -0.25) is 19.3 Å². The summed E-state index contributed by atoms with van der Waals surface area (Å²) in [6, 6.07) is 26.2. The Morgan fingerprint density at radius 2 is 1.72 bits per heavy atom. The number of halogens is 1. The standard InChI is InChI=1S/C30H23BrN2O5S/c1-37-25-14-21(24(31)16-26(25)38-18-28(34)32-22-11-3-2-4-12-22)15-27-29(35)33(30(36)39-27)17-20-10-7-9-19-8-5-6-13-23(19)20/h2-16H,17-18H2,1H3,(H,32,34)/b27-15+. The molecule has 3 amide bonds. The lowest BCUT2D eigenvalue weighted by atomic mass is 10.0. The highest BCUT2D eigenvalue weighted by Gasteiger charge is 2.35. The fourth-order valence-corrected chi connectivity index (χ4v) is 5.44. The third-order valence-corrected chi connectivity index (χ3v) is 7.66. The van der Waals surface area contributed by atoms with Gasteiger partial charge >= 0.3 is 0 Å². The Hall–Kier alpha value is -4.08. The summed E-state index contributed by atoms with van der Waals surface area (Å²) < 4.78 is 11.8. The molecule has 0 aromatic heterocycles. The van der Waals surface area contributed by atoms with Crippen LogP contribution in [0.1, 0.15) is 11.1 Å². The van der Waals surface area contributed by atoms with Crippen molar-refractivity contribution < 1.29 is 23.9 Å². The van der Waals surface area contributed by atoms with Crippen LogP contribution in [0.4, 0.5) is 10.5 Å². The van der Waals surface area contributed by atoms with Gasteiger partial charge < -0.3 is 14.8 Å². The van der Waals surface area contributed by atoms with Gasteiger partial charge in [0.2, 0.25) is 0 Å². The molecule has 0 saturated carbocycles. The number of carbonyl (C=O) groups is 3. The van der Waals surface area contributed by atoms with Crippen LogP contribution in [-0.4, -0.2) is 35.7 Å². The molecule has 196 valence electrons. The van der Waals surface area contributed by atoms with E-state index in [0.29, 0.717) is 32.1 Å². The number of ether oxygens (including phenoxy) is 2. The predicted octanol–water partition coefficient (Wildman–Crippen LogP) is 6.86. The smallest absolute Gasteiger partial charge is 0.293 e. The molecule has 1 saturated heterocycles. The third-order valence-electron chi connectivity index (χ3n) is 6.07. The van der Waals surface area contributed by atoms with E-state index in [0.717, 1.165) is 28.1 Å². The molecule has 4 aromatic rings. The van der Waals surface area contributed by atoms with Gasteiger partial charge in [-0.15, -0.1) is 0 Å². The van der Waals surface area contributed by atoms with Gasteiger partial charge in [0.05, 0.1) is 18.6 Å². The summed E-state index contributed by atoms with van der Waals surface area (Å²) in [5, 5.41) is 4.49. The number of benzene rings is 4. The maximum absolute atomic E-state index is 13.2. The van der Waals surface area contributed by atoms with Gasteiger partial charge in [-0.05, 0) is 64.0 Å². The Kier molecular flexibility index (Phi) is 7.99. The molecule has 0 aliphatic carbocycles. The van der Waals surface area contributed by atoms with E-state index >= 15 is 0 Å². The van der Waals surface area contributed by atoms with Crippen molar-refractivity contribution >= 4 is 67.3 Å². The molecule has 1 aliphatic heterocycles. The zero-order chi connectivity index (χ0) is 27.4. The molecule has 1 heterocycles. The first-order valence-corrected chi connectivity index (χ1v) is 13.6. The normalized spacial score (nSPS) is 14.2. The molecule has 7 nitrogen and oxygen atoms in total. The van der Waals surface area contributed by atoms with Crippen molar-refractivity contribution in [2.24, 2.45) is 0 Å². The first-order valence-electron chi connectivity index (χ1n) is 12.0. The molecule has 9 heteroatoms. The fourth-order valence-electron chi connectivity index (χ4n) is 4.17. The van der Waals surface area contributed by atoms with Crippen LogP contribution in [0.5, 0.6) is 11.5 Å². The SMILES string of the molecule is COc1cc(/C=C2/SC(=O)N(Cc3cccc4ccccc34)C2=O)c(Br)cc1OCC(=O)Nc1ccccc1. The molecule has 0 radical (unpaired) electrons. The van der Waals surface area contributed by atoms with Crippen LogP contribution >= 0.6 is 27.7 Å². The van der Waals surface area contributed by atoms with Crippen LogP contribution in [0, 0.1) is 0 Å². The monoisotopic (exact) mass is 602 g/mol. The Morgan fingerprint density at radius 1 is 0.974 bits per heavy atom. The van der Waals surface area contributed by atoms with E-state index < -0.39 is 0 Å². The highest BCUT2D eigenvalue weighted by Crippen LogP contribution is 2.38. The van der Waals surface area contributed by atoms with Gasteiger partial charge in [0.25, 0.3) is 17.1 Å². The van der Waals surface area contributed by atoms with Crippen LogP contribution in [-0.2, 0) is 16.1 Å². The molecular formula is C30H23BrN2O5S. The number of anilines is 1. The minimum atomic E-state index is -0.360. The maximum atomic E-state index is 13.2. The summed E-state index contributed by atoms with van der Waals surface area (Å²) in [7, 11) is 1.49. The number of amides is 3. The highest BCUT2D eigenvalue weighted by molar-refractivity contribution is 9.10. The second-order valence-corrected chi connectivity index (χ2v) is 10.5. The van der Waals surface area contributed by atoms with E-state index in [1.54, 1.807) is 30.3 Å². The topological polar surface area (TPSA) is 84.9 Å². The Morgan fingerprint density at radius 3 is 2.51 bits per heavy atom. The summed E-state index contributed by atoms with van der Waals surface area (Å²) >= 11 is 4.41.